The van der Waals surface area contributed by atoms with Gasteiger partial charge in [-0.1, -0.05) is 12.1 Å². The van der Waals surface area contributed by atoms with Crippen molar-refractivity contribution in [2.24, 2.45) is 5.92 Å². The second-order valence-electron chi connectivity index (χ2n) is 7.18. The summed E-state index contributed by atoms with van der Waals surface area (Å²) >= 11 is 0. The second kappa shape index (κ2) is 7.85. The Morgan fingerprint density at radius 3 is 2.93 bits per heavy atom. The fourth-order valence-corrected chi connectivity index (χ4v) is 3.79. The largest absolute Gasteiger partial charge is 0.391 e. The third-order valence-electron chi connectivity index (χ3n) is 5.30. The first-order valence-electron chi connectivity index (χ1n) is 9.42. The smallest absolute Gasteiger partial charge is 0.253 e. The highest BCUT2D eigenvalue weighted by Crippen LogP contribution is 2.27. The number of imidazole rings is 1. The van der Waals surface area contributed by atoms with Crippen LogP contribution in [0.4, 0.5) is 0 Å². The molecule has 2 aromatic heterocycles. The van der Waals surface area contributed by atoms with Gasteiger partial charge in [0.1, 0.15) is 0 Å². The van der Waals surface area contributed by atoms with Gasteiger partial charge in [0.15, 0.2) is 0 Å². The molecule has 1 fully saturated rings. The number of para-hydroxylation sites is 1. The van der Waals surface area contributed by atoms with E-state index in [1.165, 1.54) is 0 Å². The van der Waals surface area contributed by atoms with Crippen LogP contribution in [0.15, 0.2) is 43.0 Å². The number of H-pyrrole nitrogens is 2. The van der Waals surface area contributed by atoms with Gasteiger partial charge in [-0.15, -0.1) is 0 Å². The van der Waals surface area contributed by atoms with Crippen LogP contribution >= 0.6 is 0 Å². The van der Waals surface area contributed by atoms with Crippen LogP contribution in [0.25, 0.3) is 10.9 Å². The summed E-state index contributed by atoms with van der Waals surface area (Å²) < 4.78 is 0. The molecule has 8 heteroatoms. The van der Waals surface area contributed by atoms with Crippen molar-refractivity contribution in [1.82, 2.24) is 25.6 Å². The van der Waals surface area contributed by atoms with E-state index in [1.54, 1.807) is 24.8 Å². The predicted octanol–water partition coefficient (Wildman–Crippen LogP) is 1.12. The maximum Gasteiger partial charge on any atom is 0.253 e. The Morgan fingerprint density at radius 2 is 2.11 bits per heavy atom. The van der Waals surface area contributed by atoms with Crippen molar-refractivity contribution in [3.63, 3.8) is 0 Å². The van der Waals surface area contributed by atoms with E-state index < -0.39 is 12.1 Å². The molecule has 146 valence electrons. The van der Waals surface area contributed by atoms with E-state index in [-0.39, 0.29) is 17.7 Å². The Hall–Kier alpha value is -3.13. The molecular formula is C20H23N5O3. The van der Waals surface area contributed by atoms with Gasteiger partial charge in [0.2, 0.25) is 5.91 Å². The van der Waals surface area contributed by atoms with Crippen LogP contribution in [0, 0.1) is 5.92 Å². The summed E-state index contributed by atoms with van der Waals surface area (Å²) in [6.07, 6.45) is 5.80. The molecule has 5 N–H and O–H groups in total. The molecule has 1 aromatic carbocycles. The van der Waals surface area contributed by atoms with Gasteiger partial charge in [-0.3, -0.25) is 9.59 Å². The molecule has 0 saturated heterocycles. The Bertz CT molecular complexity index is 965. The molecule has 0 unspecified atom stereocenters. The number of hydrogen-bond acceptors (Lipinski definition) is 4. The second-order valence-corrected chi connectivity index (χ2v) is 7.18. The van der Waals surface area contributed by atoms with Crippen molar-refractivity contribution in [2.75, 3.05) is 6.54 Å². The molecule has 0 spiro atoms. The molecule has 1 aliphatic rings. The van der Waals surface area contributed by atoms with Gasteiger partial charge in [0.05, 0.1) is 29.6 Å². The third-order valence-corrected chi connectivity index (χ3v) is 5.30. The number of nitrogens with zero attached hydrogens (tertiary/aromatic N) is 1. The Morgan fingerprint density at radius 1 is 1.21 bits per heavy atom. The monoisotopic (exact) mass is 381 g/mol. The average Bonchev–Trinajstić information content (AvgIpc) is 3.43. The molecule has 8 nitrogen and oxygen atoms in total. The van der Waals surface area contributed by atoms with Crippen LogP contribution in [0.5, 0.6) is 0 Å². The number of benzene rings is 1. The number of rotatable bonds is 6. The van der Waals surface area contributed by atoms with E-state index in [1.807, 2.05) is 18.2 Å². The number of aromatic amines is 2. The first-order chi connectivity index (χ1) is 13.6. The van der Waals surface area contributed by atoms with E-state index in [9.17, 15) is 14.7 Å². The fourth-order valence-electron chi connectivity index (χ4n) is 3.79. The average molecular weight is 381 g/mol. The van der Waals surface area contributed by atoms with Crippen molar-refractivity contribution in [2.45, 2.75) is 31.4 Å². The summed E-state index contributed by atoms with van der Waals surface area (Å²) in [6, 6.07) is 6.96. The molecule has 2 amide bonds. The number of aliphatic hydroxyl groups is 1. The topological polar surface area (TPSA) is 123 Å². The van der Waals surface area contributed by atoms with E-state index >= 15 is 0 Å². The number of fused-ring (bicyclic) bond motifs is 1. The molecule has 0 bridgehead atoms. The van der Waals surface area contributed by atoms with Gasteiger partial charge in [0.25, 0.3) is 5.91 Å². The molecule has 0 aliphatic heterocycles. The van der Waals surface area contributed by atoms with Crippen molar-refractivity contribution in [3.8, 4) is 0 Å². The van der Waals surface area contributed by atoms with Gasteiger partial charge < -0.3 is 25.7 Å². The molecule has 1 aliphatic carbocycles. The van der Waals surface area contributed by atoms with E-state index in [2.05, 4.69) is 25.6 Å². The lowest BCUT2D eigenvalue weighted by molar-refractivity contribution is -0.125. The SMILES string of the molecule is O=C(N[C@@H]1C[C@H](C(=O)NCCc2cnc[nH]2)C[C@H]1O)c1cccc2cc[nH]c12. The zero-order chi connectivity index (χ0) is 19.5. The summed E-state index contributed by atoms with van der Waals surface area (Å²) in [4.78, 5) is 35.1. The van der Waals surface area contributed by atoms with Gasteiger partial charge in [-0.25, -0.2) is 4.98 Å². The lowest BCUT2D eigenvalue weighted by Gasteiger charge is -2.16. The first kappa shape index (κ1) is 18.2. The zero-order valence-electron chi connectivity index (χ0n) is 15.3. The fraction of sp³-hybridized carbons (Fsp3) is 0.350. The summed E-state index contributed by atoms with van der Waals surface area (Å²) in [5, 5.41) is 17.1. The molecule has 4 rings (SSSR count). The van der Waals surface area contributed by atoms with Gasteiger partial charge in [0, 0.05) is 42.4 Å². The van der Waals surface area contributed by atoms with Gasteiger partial charge in [-0.05, 0) is 25.0 Å². The number of aromatic nitrogens is 3. The summed E-state index contributed by atoms with van der Waals surface area (Å²) in [6.45, 7) is 0.499. The molecule has 3 atom stereocenters. The van der Waals surface area contributed by atoms with Crippen molar-refractivity contribution in [1.29, 1.82) is 0 Å². The van der Waals surface area contributed by atoms with Gasteiger partial charge >= 0.3 is 0 Å². The van der Waals surface area contributed by atoms with Crippen molar-refractivity contribution < 1.29 is 14.7 Å². The molecule has 28 heavy (non-hydrogen) atoms. The van der Waals surface area contributed by atoms with E-state index in [0.29, 0.717) is 31.4 Å². The Balaban J connectivity index is 1.33. The Labute approximate surface area is 161 Å². The van der Waals surface area contributed by atoms with Crippen molar-refractivity contribution in [3.05, 3.63) is 54.2 Å². The minimum atomic E-state index is -0.741. The van der Waals surface area contributed by atoms with Crippen LogP contribution in [0.2, 0.25) is 0 Å². The molecule has 1 saturated carbocycles. The van der Waals surface area contributed by atoms with E-state index in [4.69, 9.17) is 0 Å². The third kappa shape index (κ3) is 3.77. The minimum absolute atomic E-state index is 0.0956. The van der Waals surface area contributed by atoms with Crippen LogP contribution in [-0.4, -0.2) is 50.6 Å². The van der Waals surface area contributed by atoms with Gasteiger partial charge in [-0.2, -0.15) is 0 Å². The lowest BCUT2D eigenvalue weighted by atomic mass is 10.1. The maximum absolute atomic E-state index is 12.7. The van der Waals surface area contributed by atoms with Crippen LogP contribution in [0.3, 0.4) is 0 Å². The van der Waals surface area contributed by atoms with Crippen LogP contribution in [-0.2, 0) is 11.2 Å². The highest BCUT2D eigenvalue weighted by molar-refractivity contribution is 6.05. The summed E-state index contributed by atoms with van der Waals surface area (Å²) in [5.41, 5.74) is 2.25. The minimum Gasteiger partial charge on any atom is -0.391 e. The Kier molecular flexibility index (Phi) is 5.12. The first-order valence-corrected chi connectivity index (χ1v) is 9.42. The highest BCUT2D eigenvalue weighted by Gasteiger charge is 2.37. The number of nitrogens with one attached hydrogen (secondary N) is 4. The highest BCUT2D eigenvalue weighted by atomic mass is 16.3. The molecule has 0 radical (unpaired) electrons. The zero-order valence-corrected chi connectivity index (χ0v) is 15.3. The predicted molar refractivity (Wildman–Crippen MR) is 104 cm³/mol. The normalized spacial score (nSPS) is 21.7. The summed E-state index contributed by atoms with van der Waals surface area (Å²) in [7, 11) is 0. The van der Waals surface area contributed by atoms with E-state index in [0.717, 1.165) is 16.6 Å². The number of carbonyl (C=O) groups excluding carboxylic acids is 2. The summed E-state index contributed by atoms with van der Waals surface area (Å²) in [5.74, 6) is -0.664. The van der Waals surface area contributed by atoms with Crippen LogP contribution < -0.4 is 10.6 Å². The standard InChI is InChI=1S/C20H23N5O3/c26-17-9-13(19(27)23-7-5-14-10-21-11-24-14)8-16(17)25-20(28)15-3-1-2-12-4-6-22-18(12)15/h1-4,6,10-11,13,16-17,22,26H,5,7-9H2,(H,21,24)(H,23,27)(H,25,28)/t13-,16+,17+/m0/s1. The lowest BCUT2D eigenvalue weighted by Crippen LogP contribution is -2.40. The molecular weight excluding hydrogens is 358 g/mol. The number of hydrogen-bond donors (Lipinski definition) is 5. The maximum atomic E-state index is 12.7. The molecule has 2 heterocycles. The van der Waals surface area contributed by atoms with Crippen LogP contribution in [0.1, 0.15) is 28.9 Å². The number of aliphatic hydroxyl groups excluding tert-OH is 1. The number of amides is 2. The number of carbonyl (C=O) groups is 2. The quantitative estimate of drug-likeness (QED) is 0.439. The molecule has 3 aromatic rings. The van der Waals surface area contributed by atoms with Crippen molar-refractivity contribution >= 4 is 22.7 Å².